The van der Waals surface area contributed by atoms with Crippen LogP contribution in [0.15, 0.2) is 12.8 Å². The van der Waals surface area contributed by atoms with Crippen molar-refractivity contribution in [3.05, 3.63) is 24.0 Å². The fraction of sp³-hybridized carbons (Fsp3) is 0.286. The molecule has 1 heterocycles. The Bertz CT molecular complexity index is 265. The summed E-state index contributed by atoms with van der Waals surface area (Å²) in [5.41, 5.74) is 0.185. The summed E-state index contributed by atoms with van der Waals surface area (Å²) in [6.07, 6.45) is 0.354. The third-order valence-corrected chi connectivity index (χ3v) is 1.31. The van der Waals surface area contributed by atoms with Gasteiger partial charge in [0.15, 0.2) is 0 Å². The van der Waals surface area contributed by atoms with Crippen molar-refractivity contribution >= 4 is 6.08 Å². The number of rotatable bonds is 2. The Morgan fingerprint density at radius 1 is 1.73 bits per heavy atom. The Kier molecular flexibility index (Phi) is 2.03. The van der Waals surface area contributed by atoms with E-state index in [0.29, 0.717) is 5.56 Å². The molecule has 0 amide bonds. The molecule has 1 aromatic heterocycles. The maximum atomic E-state index is 12.1. The second-order valence-corrected chi connectivity index (χ2v) is 2.15. The quantitative estimate of drug-likeness (QED) is 0.643. The molecule has 0 unspecified atom stereocenters. The number of nitrogens with zero attached hydrogens (tertiary/aromatic N) is 2. The lowest BCUT2D eigenvalue weighted by Gasteiger charge is -1.92. The van der Waals surface area contributed by atoms with Crippen molar-refractivity contribution in [2.24, 2.45) is 7.05 Å². The fourth-order valence-electron chi connectivity index (χ4n) is 0.851. The van der Waals surface area contributed by atoms with E-state index >= 15 is 0 Å². The molecule has 0 aliphatic carbocycles. The number of hydrogen-bond acceptors (Lipinski definition) is 1. The van der Waals surface area contributed by atoms with Crippen LogP contribution < -0.4 is 0 Å². The van der Waals surface area contributed by atoms with Crippen molar-refractivity contribution in [1.29, 1.82) is 0 Å². The summed E-state index contributed by atoms with van der Waals surface area (Å²) in [5.74, 6) is 0. The van der Waals surface area contributed by atoms with Gasteiger partial charge < -0.3 is 0 Å². The molecule has 0 aliphatic heterocycles. The molecular formula is C7H8F2N2. The molecular weight excluding hydrogens is 150 g/mol. The molecule has 2 nitrogen and oxygen atoms in total. The number of aromatic nitrogens is 2. The first-order valence-corrected chi connectivity index (χ1v) is 3.09. The second kappa shape index (κ2) is 2.82. The lowest BCUT2D eigenvalue weighted by molar-refractivity contribution is 0.145. The third kappa shape index (κ3) is 1.45. The zero-order chi connectivity index (χ0) is 8.43. The molecule has 0 radical (unpaired) electrons. The molecule has 1 aromatic rings. The lowest BCUT2D eigenvalue weighted by atomic mass is 10.2. The van der Waals surface area contributed by atoms with Gasteiger partial charge in [0.25, 0.3) is 6.43 Å². The van der Waals surface area contributed by atoms with Gasteiger partial charge in [0.2, 0.25) is 0 Å². The van der Waals surface area contributed by atoms with Crippen LogP contribution in [0.25, 0.3) is 6.08 Å². The van der Waals surface area contributed by atoms with E-state index in [1.54, 1.807) is 7.05 Å². The van der Waals surface area contributed by atoms with Crippen LogP contribution >= 0.6 is 0 Å². The Labute approximate surface area is 63.1 Å². The maximum Gasteiger partial charge on any atom is 0.282 e. The Morgan fingerprint density at radius 2 is 2.36 bits per heavy atom. The SMILES string of the molecule is C=Cc1cn(C)nc1C(F)F. The second-order valence-electron chi connectivity index (χ2n) is 2.15. The molecule has 0 bridgehead atoms. The summed E-state index contributed by atoms with van der Waals surface area (Å²) in [4.78, 5) is 0. The molecule has 0 spiro atoms. The van der Waals surface area contributed by atoms with Gasteiger partial charge in [0, 0.05) is 18.8 Å². The van der Waals surface area contributed by atoms with Crippen LogP contribution in [0.3, 0.4) is 0 Å². The number of aryl methyl sites for hydroxylation is 1. The van der Waals surface area contributed by atoms with Gasteiger partial charge in [-0.1, -0.05) is 12.7 Å². The summed E-state index contributed by atoms with van der Waals surface area (Å²) in [7, 11) is 1.60. The lowest BCUT2D eigenvalue weighted by Crippen LogP contribution is -1.91. The van der Waals surface area contributed by atoms with Crippen molar-refractivity contribution in [3.63, 3.8) is 0 Å². The molecule has 0 aromatic carbocycles. The zero-order valence-corrected chi connectivity index (χ0v) is 6.09. The first kappa shape index (κ1) is 7.91. The van der Waals surface area contributed by atoms with Crippen molar-refractivity contribution in [3.8, 4) is 0 Å². The fourth-order valence-corrected chi connectivity index (χ4v) is 0.851. The van der Waals surface area contributed by atoms with E-state index in [-0.39, 0.29) is 5.69 Å². The van der Waals surface area contributed by atoms with Crippen molar-refractivity contribution < 1.29 is 8.78 Å². The number of hydrogen-bond donors (Lipinski definition) is 0. The summed E-state index contributed by atoms with van der Waals surface area (Å²) in [6, 6.07) is 0. The van der Waals surface area contributed by atoms with E-state index in [9.17, 15) is 8.78 Å². The molecule has 0 saturated heterocycles. The van der Waals surface area contributed by atoms with Crippen LogP contribution in [0.1, 0.15) is 17.7 Å². The first-order valence-electron chi connectivity index (χ1n) is 3.09. The average molecular weight is 158 g/mol. The van der Waals surface area contributed by atoms with E-state index in [4.69, 9.17) is 0 Å². The first-order chi connectivity index (χ1) is 5.15. The highest BCUT2D eigenvalue weighted by molar-refractivity contribution is 5.48. The normalized spacial score (nSPS) is 10.5. The van der Waals surface area contributed by atoms with Crippen LogP contribution in [0.5, 0.6) is 0 Å². The van der Waals surface area contributed by atoms with E-state index in [0.717, 1.165) is 0 Å². The molecule has 0 atom stereocenters. The molecule has 0 aliphatic rings. The summed E-state index contributed by atoms with van der Waals surface area (Å²) < 4.78 is 25.6. The van der Waals surface area contributed by atoms with Crippen LogP contribution in [0, 0.1) is 0 Å². The largest absolute Gasteiger partial charge is 0.282 e. The molecule has 0 saturated carbocycles. The van der Waals surface area contributed by atoms with Crippen molar-refractivity contribution in [1.82, 2.24) is 9.78 Å². The van der Waals surface area contributed by atoms with E-state index < -0.39 is 6.43 Å². The molecule has 0 fully saturated rings. The van der Waals surface area contributed by atoms with Gasteiger partial charge in [0.1, 0.15) is 5.69 Å². The molecule has 4 heteroatoms. The third-order valence-electron chi connectivity index (χ3n) is 1.31. The van der Waals surface area contributed by atoms with E-state index in [1.807, 2.05) is 0 Å². The number of halogens is 2. The Balaban J connectivity index is 3.11. The smallest absolute Gasteiger partial charge is 0.275 e. The van der Waals surface area contributed by atoms with Gasteiger partial charge in [-0.25, -0.2) is 8.78 Å². The van der Waals surface area contributed by atoms with Gasteiger partial charge in [-0.05, 0) is 0 Å². The minimum atomic E-state index is -2.52. The molecule has 1 rings (SSSR count). The molecule has 0 N–H and O–H groups in total. The van der Waals surface area contributed by atoms with Gasteiger partial charge in [-0.2, -0.15) is 5.10 Å². The highest BCUT2D eigenvalue weighted by Crippen LogP contribution is 2.21. The van der Waals surface area contributed by atoms with Crippen molar-refractivity contribution in [2.45, 2.75) is 6.43 Å². The van der Waals surface area contributed by atoms with Gasteiger partial charge in [-0.3, -0.25) is 4.68 Å². The highest BCUT2D eigenvalue weighted by Gasteiger charge is 2.14. The standard InChI is InChI=1S/C7H8F2N2/c1-3-5-4-11(2)10-6(5)7(8)9/h3-4,7H,1H2,2H3. The molecule has 60 valence electrons. The molecule has 11 heavy (non-hydrogen) atoms. The minimum Gasteiger partial charge on any atom is -0.275 e. The van der Waals surface area contributed by atoms with Gasteiger partial charge in [0.05, 0.1) is 0 Å². The average Bonchev–Trinajstić information content (AvgIpc) is 2.30. The minimum absolute atomic E-state index is 0.206. The summed E-state index contributed by atoms with van der Waals surface area (Å²) >= 11 is 0. The predicted molar refractivity (Wildman–Crippen MR) is 38.3 cm³/mol. The van der Waals surface area contributed by atoms with Crippen LogP contribution in [-0.4, -0.2) is 9.78 Å². The monoisotopic (exact) mass is 158 g/mol. The van der Waals surface area contributed by atoms with Gasteiger partial charge >= 0.3 is 0 Å². The maximum absolute atomic E-state index is 12.1. The summed E-state index contributed by atoms with van der Waals surface area (Å²) in [5, 5.41) is 3.58. The van der Waals surface area contributed by atoms with E-state index in [1.165, 1.54) is 17.0 Å². The van der Waals surface area contributed by atoms with Crippen LogP contribution in [-0.2, 0) is 7.05 Å². The number of alkyl halides is 2. The predicted octanol–water partition coefficient (Wildman–Crippen LogP) is 2.00. The Morgan fingerprint density at radius 3 is 2.73 bits per heavy atom. The van der Waals surface area contributed by atoms with E-state index in [2.05, 4.69) is 11.7 Å². The van der Waals surface area contributed by atoms with Crippen LogP contribution in [0.2, 0.25) is 0 Å². The summed E-state index contributed by atoms with van der Waals surface area (Å²) in [6.45, 7) is 3.40. The zero-order valence-electron chi connectivity index (χ0n) is 6.09. The Hall–Kier alpha value is -1.19. The van der Waals surface area contributed by atoms with Crippen LogP contribution in [0.4, 0.5) is 8.78 Å². The topological polar surface area (TPSA) is 17.8 Å². The van der Waals surface area contributed by atoms with Crippen molar-refractivity contribution in [2.75, 3.05) is 0 Å². The highest BCUT2D eigenvalue weighted by atomic mass is 19.3. The van der Waals surface area contributed by atoms with Gasteiger partial charge in [-0.15, -0.1) is 0 Å².